The van der Waals surface area contributed by atoms with Crippen LogP contribution in [0.1, 0.15) is 25.5 Å². The summed E-state index contributed by atoms with van der Waals surface area (Å²) >= 11 is 1.26. The Labute approximate surface area is 167 Å². The highest BCUT2D eigenvalue weighted by molar-refractivity contribution is 7.10. The van der Waals surface area contributed by atoms with Crippen molar-refractivity contribution >= 4 is 22.4 Å². The van der Waals surface area contributed by atoms with Crippen molar-refractivity contribution in [3.05, 3.63) is 58.8 Å². The number of carbonyl (C=O) groups is 1. The molecule has 3 aromatic rings. The molecule has 0 saturated carbocycles. The van der Waals surface area contributed by atoms with E-state index in [0.717, 1.165) is 22.0 Å². The van der Waals surface area contributed by atoms with E-state index in [1.54, 1.807) is 0 Å². The first-order chi connectivity index (χ1) is 13.5. The minimum Gasteiger partial charge on any atom is -0.494 e. The van der Waals surface area contributed by atoms with Crippen LogP contribution in [0.3, 0.4) is 0 Å². The molecule has 8 heteroatoms. The quantitative estimate of drug-likeness (QED) is 0.628. The number of benzene rings is 1. The van der Waals surface area contributed by atoms with Gasteiger partial charge in [-0.25, -0.2) is 4.98 Å². The van der Waals surface area contributed by atoms with Gasteiger partial charge in [-0.15, -0.1) is 0 Å². The number of amides is 1. The lowest BCUT2D eigenvalue weighted by Crippen LogP contribution is -2.21. The van der Waals surface area contributed by atoms with Gasteiger partial charge in [-0.1, -0.05) is 0 Å². The van der Waals surface area contributed by atoms with Gasteiger partial charge >= 0.3 is 0 Å². The van der Waals surface area contributed by atoms with Crippen LogP contribution in [0.2, 0.25) is 0 Å². The molecule has 1 aromatic carbocycles. The highest BCUT2D eigenvalue weighted by atomic mass is 32.1. The van der Waals surface area contributed by atoms with E-state index in [9.17, 15) is 9.59 Å². The lowest BCUT2D eigenvalue weighted by molar-refractivity contribution is -0.116. The van der Waals surface area contributed by atoms with Crippen molar-refractivity contribution in [2.45, 2.75) is 33.2 Å². The van der Waals surface area contributed by atoms with E-state index in [1.807, 2.05) is 44.2 Å². The second-order valence-corrected chi connectivity index (χ2v) is 7.05. The molecule has 0 atom stereocenters. The van der Waals surface area contributed by atoms with E-state index in [1.165, 1.54) is 28.5 Å². The first kappa shape index (κ1) is 19.8. The number of carbonyl (C=O) groups excluding carboxylic acids is 1. The molecule has 0 bridgehead atoms. The lowest BCUT2D eigenvalue weighted by atomic mass is 10.1. The van der Waals surface area contributed by atoms with Gasteiger partial charge in [0.25, 0.3) is 5.56 Å². The number of hydrogen-bond donors (Lipinski definition) is 1. The molecule has 0 aliphatic rings. The van der Waals surface area contributed by atoms with Gasteiger partial charge in [0.1, 0.15) is 10.8 Å². The van der Waals surface area contributed by atoms with Crippen LogP contribution in [0.4, 0.5) is 5.00 Å². The molecular formula is C20H22N4O3S. The van der Waals surface area contributed by atoms with Crippen LogP contribution in [0.25, 0.3) is 11.3 Å². The maximum atomic E-state index is 12.3. The summed E-state index contributed by atoms with van der Waals surface area (Å²) < 4.78 is 11.1. The Bertz CT molecular complexity index is 995. The fourth-order valence-corrected chi connectivity index (χ4v) is 3.35. The summed E-state index contributed by atoms with van der Waals surface area (Å²) in [7, 11) is 0. The van der Waals surface area contributed by atoms with Crippen molar-refractivity contribution in [2.24, 2.45) is 0 Å². The van der Waals surface area contributed by atoms with Crippen molar-refractivity contribution in [2.75, 3.05) is 11.9 Å². The molecule has 7 nitrogen and oxygen atoms in total. The molecule has 0 unspecified atom stereocenters. The smallest absolute Gasteiger partial charge is 0.253 e. The number of aryl methyl sites for hydroxylation is 2. The average Bonchev–Trinajstić information content (AvgIpc) is 3.08. The standard InChI is InChI=1S/C20H22N4O3S/c1-3-27-16-8-6-15(7-9-16)17-12-20(26)24(13-21-17)10-4-5-18(25)22-19-11-14(2)23-28-19/h6-9,11-13H,3-5,10H2,1-2H3,(H,22,25). The summed E-state index contributed by atoms with van der Waals surface area (Å²) in [6, 6.07) is 10.8. The van der Waals surface area contributed by atoms with Gasteiger partial charge in [0.15, 0.2) is 0 Å². The minimum absolute atomic E-state index is 0.0873. The molecule has 2 heterocycles. The van der Waals surface area contributed by atoms with Crippen LogP contribution in [0, 0.1) is 6.92 Å². The third-order valence-electron chi connectivity index (χ3n) is 4.03. The summed E-state index contributed by atoms with van der Waals surface area (Å²) in [5.41, 5.74) is 2.21. The molecule has 0 aliphatic carbocycles. The van der Waals surface area contributed by atoms with Gasteiger partial charge in [-0.3, -0.25) is 14.2 Å². The van der Waals surface area contributed by atoms with Crippen LogP contribution >= 0.6 is 11.5 Å². The van der Waals surface area contributed by atoms with Crippen molar-refractivity contribution in [1.29, 1.82) is 0 Å². The Morgan fingerprint density at radius 2 is 2.04 bits per heavy atom. The van der Waals surface area contributed by atoms with Gasteiger partial charge in [0, 0.05) is 24.6 Å². The van der Waals surface area contributed by atoms with Crippen LogP contribution in [0.15, 0.2) is 47.5 Å². The molecule has 1 amide bonds. The Morgan fingerprint density at radius 3 is 2.68 bits per heavy atom. The third kappa shape index (κ3) is 5.26. The summed E-state index contributed by atoms with van der Waals surface area (Å²) in [5.74, 6) is 0.696. The Kier molecular flexibility index (Phi) is 6.54. The Balaban J connectivity index is 1.55. The first-order valence-electron chi connectivity index (χ1n) is 9.08. The summed E-state index contributed by atoms with van der Waals surface area (Å²) in [4.78, 5) is 28.7. The van der Waals surface area contributed by atoms with E-state index in [-0.39, 0.29) is 11.5 Å². The molecule has 0 spiro atoms. The fraction of sp³-hybridized carbons (Fsp3) is 0.300. The minimum atomic E-state index is -0.141. The van der Waals surface area contributed by atoms with Gasteiger partial charge in [0.2, 0.25) is 5.91 Å². The van der Waals surface area contributed by atoms with E-state index in [2.05, 4.69) is 14.7 Å². The zero-order valence-electron chi connectivity index (χ0n) is 15.8. The summed E-state index contributed by atoms with van der Waals surface area (Å²) in [6.07, 6.45) is 2.40. The summed E-state index contributed by atoms with van der Waals surface area (Å²) in [6.45, 7) is 4.85. The molecule has 146 valence electrons. The normalized spacial score (nSPS) is 10.6. The molecule has 2 aromatic heterocycles. The van der Waals surface area contributed by atoms with Crippen molar-refractivity contribution < 1.29 is 9.53 Å². The van der Waals surface area contributed by atoms with Gasteiger partial charge in [-0.2, -0.15) is 4.37 Å². The zero-order chi connectivity index (χ0) is 19.9. The summed E-state index contributed by atoms with van der Waals surface area (Å²) in [5, 5.41) is 3.55. The number of hydrogen-bond acceptors (Lipinski definition) is 6. The number of nitrogens with one attached hydrogen (secondary N) is 1. The van der Waals surface area contributed by atoms with Crippen molar-refractivity contribution in [3.8, 4) is 17.0 Å². The maximum absolute atomic E-state index is 12.3. The van der Waals surface area contributed by atoms with E-state index in [4.69, 9.17) is 4.74 Å². The molecule has 0 fully saturated rings. The molecule has 1 N–H and O–H groups in total. The van der Waals surface area contributed by atoms with E-state index < -0.39 is 0 Å². The molecule has 28 heavy (non-hydrogen) atoms. The lowest BCUT2D eigenvalue weighted by Gasteiger charge is -2.08. The molecule has 0 saturated heterocycles. The number of nitrogens with zero attached hydrogens (tertiary/aromatic N) is 3. The highest BCUT2D eigenvalue weighted by Gasteiger charge is 2.07. The van der Waals surface area contributed by atoms with Crippen LogP contribution in [-0.4, -0.2) is 26.4 Å². The largest absolute Gasteiger partial charge is 0.494 e. The zero-order valence-corrected chi connectivity index (χ0v) is 16.7. The topological polar surface area (TPSA) is 86.1 Å². The van der Waals surface area contributed by atoms with Crippen LogP contribution < -0.4 is 15.6 Å². The Morgan fingerprint density at radius 1 is 1.25 bits per heavy atom. The second-order valence-electron chi connectivity index (χ2n) is 6.25. The number of anilines is 1. The third-order valence-corrected chi connectivity index (χ3v) is 4.83. The van der Waals surface area contributed by atoms with Crippen LogP contribution in [-0.2, 0) is 11.3 Å². The highest BCUT2D eigenvalue weighted by Crippen LogP contribution is 2.19. The van der Waals surface area contributed by atoms with E-state index >= 15 is 0 Å². The molecular weight excluding hydrogens is 376 g/mol. The average molecular weight is 398 g/mol. The molecule has 0 aliphatic heterocycles. The number of ether oxygens (including phenoxy) is 1. The van der Waals surface area contributed by atoms with Crippen molar-refractivity contribution in [1.82, 2.24) is 13.9 Å². The van der Waals surface area contributed by atoms with Crippen LogP contribution in [0.5, 0.6) is 5.75 Å². The predicted octanol–water partition coefficient (Wildman–Crippen LogP) is 3.49. The number of rotatable bonds is 8. The second kappa shape index (κ2) is 9.27. The fourth-order valence-electron chi connectivity index (χ4n) is 2.67. The number of aromatic nitrogens is 3. The van der Waals surface area contributed by atoms with Gasteiger partial charge < -0.3 is 10.1 Å². The SMILES string of the molecule is CCOc1ccc(-c2cc(=O)n(CCCC(=O)Nc3cc(C)ns3)cn2)cc1. The predicted molar refractivity (Wildman–Crippen MR) is 110 cm³/mol. The Hall–Kier alpha value is -3.00. The van der Waals surface area contributed by atoms with Crippen molar-refractivity contribution in [3.63, 3.8) is 0 Å². The molecule has 3 rings (SSSR count). The van der Waals surface area contributed by atoms with Gasteiger partial charge in [-0.05, 0) is 62.1 Å². The molecule has 0 radical (unpaired) electrons. The van der Waals surface area contributed by atoms with E-state index in [0.29, 0.717) is 31.7 Å². The maximum Gasteiger partial charge on any atom is 0.253 e. The van der Waals surface area contributed by atoms with Gasteiger partial charge in [0.05, 0.1) is 24.3 Å². The monoisotopic (exact) mass is 398 g/mol. The first-order valence-corrected chi connectivity index (χ1v) is 9.85.